The molecule has 0 aromatic heterocycles. The van der Waals surface area contributed by atoms with E-state index in [0.29, 0.717) is 18.9 Å². The van der Waals surface area contributed by atoms with Gasteiger partial charge < -0.3 is 15.2 Å². The van der Waals surface area contributed by atoms with Crippen molar-refractivity contribution in [1.82, 2.24) is 0 Å². The van der Waals surface area contributed by atoms with Crippen molar-refractivity contribution >= 4 is 37.5 Å². The SMILES string of the molecule is CC1(C)COC(c2cc(Br)c(N)c(Br)c2)OC1. The zero-order chi connectivity index (χ0) is 12.6. The van der Waals surface area contributed by atoms with E-state index in [1.165, 1.54) is 0 Å². The molecule has 0 amide bonds. The molecular weight excluding hydrogens is 350 g/mol. The number of halogens is 2. The molecule has 94 valence electrons. The first-order valence-electron chi connectivity index (χ1n) is 5.37. The third kappa shape index (κ3) is 3.02. The van der Waals surface area contributed by atoms with Crippen LogP contribution < -0.4 is 5.73 Å². The predicted molar refractivity (Wildman–Crippen MR) is 74.7 cm³/mol. The first-order chi connectivity index (χ1) is 7.89. The number of rotatable bonds is 1. The van der Waals surface area contributed by atoms with Crippen molar-refractivity contribution in [3.05, 3.63) is 26.6 Å². The Morgan fingerprint density at radius 3 is 2.12 bits per heavy atom. The molecule has 1 fully saturated rings. The summed E-state index contributed by atoms with van der Waals surface area (Å²) in [6.07, 6.45) is -0.309. The highest BCUT2D eigenvalue weighted by molar-refractivity contribution is 9.11. The zero-order valence-corrected chi connectivity index (χ0v) is 13.0. The van der Waals surface area contributed by atoms with E-state index in [1.54, 1.807) is 0 Å². The molecule has 1 aromatic rings. The summed E-state index contributed by atoms with van der Waals surface area (Å²) in [5.41, 5.74) is 7.58. The van der Waals surface area contributed by atoms with E-state index in [0.717, 1.165) is 14.5 Å². The van der Waals surface area contributed by atoms with Crippen LogP contribution in [0, 0.1) is 5.41 Å². The number of nitrogen functional groups attached to an aromatic ring is 1. The highest BCUT2D eigenvalue weighted by Gasteiger charge is 2.29. The lowest BCUT2D eigenvalue weighted by Gasteiger charge is -2.34. The van der Waals surface area contributed by atoms with Gasteiger partial charge in [0.05, 0.1) is 18.9 Å². The van der Waals surface area contributed by atoms with Gasteiger partial charge in [-0.15, -0.1) is 0 Å². The lowest BCUT2D eigenvalue weighted by Crippen LogP contribution is -2.33. The number of hydrogen-bond acceptors (Lipinski definition) is 3. The van der Waals surface area contributed by atoms with Crippen LogP contribution >= 0.6 is 31.9 Å². The second kappa shape index (κ2) is 4.88. The summed E-state index contributed by atoms with van der Waals surface area (Å²) in [7, 11) is 0. The van der Waals surface area contributed by atoms with E-state index in [-0.39, 0.29) is 11.7 Å². The Labute approximate surface area is 118 Å². The summed E-state index contributed by atoms with van der Waals surface area (Å²) >= 11 is 6.84. The van der Waals surface area contributed by atoms with E-state index in [1.807, 2.05) is 12.1 Å². The van der Waals surface area contributed by atoms with Gasteiger partial charge in [-0.1, -0.05) is 13.8 Å². The van der Waals surface area contributed by atoms with Crippen molar-refractivity contribution in [2.24, 2.45) is 5.41 Å². The van der Waals surface area contributed by atoms with Gasteiger partial charge in [0.2, 0.25) is 0 Å². The lowest BCUT2D eigenvalue weighted by molar-refractivity contribution is -0.226. The predicted octanol–water partition coefficient (Wildman–Crippen LogP) is 3.87. The highest BCUT2D eigenvalue weighted by Crippen LogP contribution is 2.36. The normalized spacial score (nSPS) is 20.5. The van der Waals surface area contributed by atoms with Crippen LogP contribution in [0.5, 0.6) is 0 Å². The second-order valence-corrected chi connectivity index (χ2v) is 6.73. The lowest BCUT2D eigenvalue weighted by atomic mass is 9.95. The van der Waals surface area contributed by atoms with Crippen LogP contribution in [0.3, 0.4) is 0 Å². The van der Waals surface area contributed by atoms with Gasteiger partial charge in [-0.2, -0.15) is 0 Å². The molecule has 0 atom stereocenters. The van der Waals surface area contributed by atoms with E-state index in [2.05, 4.69) is 45.7 Å². The summed E-state index contributed by atoms with van der Waals surface area (Å²) in [5.74, 6) is 0. The van der Waals surface area contributed by atoms with Gasteiger partial charge >= 0.3 is 0 Å². The summed E-state index contributed by atoms with van der Waals surface area (Å²) in [5, 5.41) is 0. The van der Waals surface area contributed by atoms with Gasteiger partial charge in [0.1, 0.15) is 0 Å². The van der Waals surface area contributed by atoms with Crippen LogP contribution in [-0.2, 0) is 9.47 Å². The molecule has 0 aliphatic carbocycles. The maximum absolute atomic E-state index is 5.85. The standard InChI is InChI=1S/C12H15Br2NO2/c1-12(2)5-16-11(17-6-12)7-3-8(13)10(15)9(14)4-7/h3-4,11H,5-6,15H2,1-2H3. The minimum atomic E-state index is -0.309. The minimum absolute atomic E-state index is 0.0821. The first kappa shape index (κ1) is 13.3. The zero-order valence-electron chi connectivity index (χ0n) is 9.80. The van der Waals surface area contributed by atoms with Crippen LogP contribution in [0.1, 0.15) is 25.7 Å². The fourth-order valence-electron chi connectivity index (χ4n) is 1.62. The van der Waals surface area contributed by atoms with Gasteiger partial charge in [-0.25, -0.2) is 0 Å². The molecule has 2 rings (SSSR count). The Morgan fingerprint density at radius 2 is 1.65 bits per heavy atom. The molecule has 0 radical (unpaired) electrons. The molecule has 0 spiro atoms. The quantitative estimate of drug-likeness (QED) is 0.769. The smallest absolute Gasteiger partial charge is 0.183 e. The van der Waals surface area contributed by atoms with Crippen LogP contribution in [0.25, 0.3) is 0 Å². The van der Waals surface area contributed by atoms with Crippen molar-refractivity contribution in [2.75, 3.05) is 18.9 Å². The number of ether oxygens (including phenoxy) is 2. The average molecular weight is 365 g/mol. The number of nitrogens with two attached hydrogens (primary N) is 1. The minimum Gasteiger partial charge on any atom is -0.397 e. The van der Waals surface area contributed by atoms with E-state index in [4.69, 9.17) is 15.2 Å². The summed E-state index contributed by atoms with van der Waals surface area (Å²) in [4.78, 5) is 0. The third-order valence-corrected chi connectivity index (χ3v) is 3.94. The Morgan fingerprint density at radius 1 is 1.18 bits per heavy atom. The maximum Gasteiger partial charge on any atom is 0.183 e. The second-order valence-electron chi connectivity index (χ2n) is 5.02. The summed E-state index contributed by atoms with van der Waals surface area (Å²) < 4.78 is 13.1. The Bertz CT molecular complexity index is 402. The average Bonchev–Trinajstić information content (AvgIpc) is 2.25. The molecule has 1 aliphatic rings. The number of benzene rings is 1. The van der Waals surface area contributed by atoms with Gasteiger partial charge in [0.15, 0.2) is 6.29 Å². The fourth-order valence-corrected chi connectivity index (χ4v) is 2.85. The molecule has 1 heterocycles. The Balaban J connectivity index is 2.19. The summed E-state index contributed by atoms with van der Waals surface area (Å²) in [6.45, 7) is 5.63. The van der Waals surface area contributed by atoms with Gasteiger partial charge in [0.25, 0.3) is 0 Å². The molecule has 1 saturated heterocycles. The molecule has 3 nitrogen and oxygen atoms in total. The van der Waals surface area contributed by atoms with Gasteiger partial charge in [-0.05, 0) is 44.0 Å². The highest BCUT2D eigenvalue weighted by atomic mass is 79.9. The largest absolute Gasteiger partial charge is 0.397 e. The fraction of sp³-hybridized carbons (Fsp3) is 0.500. The van der Waals surface area contributed by atoms with Crippen LogP contribution in [-0.4, -0.2) is 13.2 Å². The molecule has 0 unspecified atom stereocenters. The Hall–Kier alpha value is -0.100. The molecule has 2 N–H and O–H groups in total. The van der Waals surface area contributed by atoms with Crippen molar-refractivity contribution < 1.29 is 9.47 Å². The molecule has 1 aliphatic heterocycles. The van der Waals surface area contributed by atoms with Crippen molar-refractivity contribution in [3.8, 4) is 0 Å². The number of hydrogen-bond donors (Lipinski definition) is 1. The van der Waals surface area contributed by atoms with Gasteiger partial charge in [-0.3, -0.25) is 0 Å². The maximum atomic E-state index is 5.85. The molecule has 5 heteroatoms. The van der Waals surface area contributed by atoms with E-state index in [9.17, 15) is 0 Å². The molecule has 0 bridgehead atoms. The van der Waals surface area contributed by atoms with Gasteiger partial charge in [0, 0.05) is 19.9 Å². The third-order valence-electron chi connectivity index (χ3n) is 2.62. The molecular formula is C12H15Br2NO2. The molecule has 1 aromatic carbocycles. The molecule has 0 saturated carbocycles. The first-order valence-corrected chi connectivity index (χ1v) is 6.95. The van der Waals surface area contributed by atoms with Crippen molar-refractivity contribution in [1.29, 1.82) is 0 Å². The van der Waals surface area contributed by atoms with Crippen LogP contribution in [0.15, 0.2) is 21.1 Å². The van der Waals surface area contributed by atoms with Crippen molar-refractivity contribution in [3.63, 3.8) is 0 Å². The Kier molecular flexibility index (Phi) is 3.83. The summed E-state index contributed by atoms with van der Waals surface area (Å²) in [6, 6.07) is 3.87. The monoisotopic (exact) mass is 363 g/mol. The number of anilines is 1. The molecule has 17 heavy (non-hydrogen) atoms. The van der Waals surface area contributed by atoms with E-state index >= 15 is 0 Å². The van der Waals surface area contributed by atoms with Crippen LogP contribution in [0.2, 0.25) is 0 Å². The van der Waals surface area contributed by atoms with Crippen molar-refractivity contribution in [2.45, 2.75) is 20.1 Å². The van der Waals surface area contributed by atoms with E-state index < -0.39 is 0 Å². The van der Waals surface area contributed by atoms with Crippen LogP contribution in [0.4, 0.5) is 5.69 Å². The topological polar surface area (TPSA) is 44.5 Å².